The molecule has 0 radical (unpaired) electrons. The molecule has 0 saturated heterocycles. The van der Waals surface area contributed by atoms with E-state index in [1.54, 1.807) is 0 Å². The third-order valence-electron chi connectivity index (χ3n) is 1.29. The van der Waals surface area contributed by atoms with Gasteiger partial charge in [0.1, 0.15) is 0 Å². The van der Waals surface area contributed by atoms with E-state index in [1.807, 2.05) is 20.8 Å². The molecule has 1 aromatic rings. The second-order valence-corrected chi connectivity index (χ2v) is 4.37. The Bertz CT molecular complexity index is 363. The predicted octanol–water partition coefficient (Wildman–Crippen LogP) is 2.02. The summed E-state index contributed by atoms with van der Waals surface area (Å²) < 4.78 is 4.93. The summed E-state index contributed by atoms with van der Waals surface area (Å²) in [7, 11) is 0. The maximum Gasteiger partial charge on any atom is 0.413 e. The molecule has 1 amide bonds. The van der Waals surface area contributed by atoms with Gasteiger partial charge in [0.15, 0.2) is 10.9 Å². The van der Waals surface area contributed by atoms with E-state index < -0.39 is 6.09 Å². The molecule has 1 rings (SSSR count). The van der Waals surface area contributed by atoms with Crippen LogP contribution in [0.3, 0.4) is 0 Å². The van der Waals surface area contributed by atoms with Crippen molar-refractivity contribution in [3.05, 3.63) is 17.4 Å². The van der Waals surface area contributed by atoms with Crippen molar-refractivity contribution in [2.75, 3.05) is 0 Å². The fourth-order valence-corrected chi connectivity index (χ4v) is 0.970. The first-order valence-electron chi connectivity index (χ1n) is 4.35. The topological polar surface area (TPSA) is 64.1 Å². The number of halogens is 1. The first kappa shape index (κ1) is 11.7. The average molecular weight is 230 g/mol. The largest absolute Gasteiger partial charge is 0.413 e. The van der Waals surface area contributed by atoms with E-state index in [0.29, 0.717) is 0 Å². The number of nitrogens with one attached hydrogen (secondary N) is 1. The predicted molar refractivity (Wildman–Crippen MR) is 56.0 cm³/mol. The van der Waals surface area contributed by atoms with E-state index in [0.717, 1.165) is 0 Å². The van der Waals surface area contributed by atoms with Gasteiger partial charge in [0.25, 0.3) is 0 Å². The summed E-state index contributed by atoms with van der Waals surface area (Å²) >= 11 is 5.58. The van der Waals surface area contributed by atoms with Crippen molar-refractivity contribution in [3.8, 4) is 5.75 Å². The van der Waals surface area contributed by atoms with Crippen LogP contribution >= 0.6 is 11.6 Å². The molecule has 0 unspecified atom stereocenters. The molecule has 0 aliphatic rings. The zero-order chi connectivity index (χ0) is 11.5. The third-order valence-corrected chi connectivity index (χ3v) is 1.47. The van der Waals surface area contributed by atoms with Crippen molar-refractivity contribution in [2.45, 2.75) is 26.3 Å². The van der Waals surface area contributed by atoms with Gasteiger partial charge >= 0.3 is 6.09 Å². The lowest BCUT2D eigenvalue weighted by Crippen LogP contribution is -2.42. The minimum Gasteiger partial charge on any atom is -0.408 e. The van der Waals surface area contributed by atoms with E-state index in [9.17, 15) is 4.79 Å². The monoisotopic (exact) mass is 229 g/mol. The van der Waals surface area contributed by atoms with E-state index in [1.165, 1.54) is 12.3 Å². The van der Waals surface area contributed by atoms with Crippen molar-refractivity contribution in [2.24, 2.45) is 0 Å². The average Bonchev–Trinajstić information content (AvgIpc) is 1.99. The van der Waals surface area contributed by atoms with Crippen molar-refractivity contribution in [3.63, 3.8) is 0 Å². The van der Waals surface area contributed by atoms with Gasteiger partial charge in [0, 0.05) is 11.6 Å². The molecule has 0 aliphatic heterocycles. The highest BCUT2D eigenvalue weighted by atomic mass is 35.5. The number of carbonyl (C=O) groups is 1. The number of hydrogen-bond acceptors (Lipinski definition) is 4. The molecule has 1 heterocycles. The molecule has 82 valence electrons. The Labute approximate surface area is 92.8 Å². The highest BCUT2D eigenvalue weighted by Crippen LogP contribution is 2.13. The molecule has 0 aromatic carbocycles. The second kappa shape index (κ2) is 4.44. The minimum absolute atomic E-state index is 0.177. The lowest BCUT2D eigenvalue weighted by molar-refractivity contribution is 0.190. The van der Waals surface area contributed by atoms with Gasteiger partial charge in [0.05, 0.1) is 6.20 Å². The van der Waals surface area contributed by atoms with Crippen molar-refractivity contribution in [1.29, 1.82) is 0 Å². The van der Waals surface area contributed by atoms with Crippen LogP contribution in [-0.2, 0) is 0 Å². The molecule has 1 aromatic heterocycles. The zero-order valence-corrected chi connectivity index (χ0v) is 9.50. The summed E-state index contributed by atoms with van der Waals surface area (Å²) in [6.07, 6.45) is 0.764. The summed E-state index contributed by atoms with van der Waals surface area (Å²) in [5, 5.41) is 9.88. The highest BCUT2D eigenvalue weighted by Gasteiger charge is 2.15. The molecule has 6 heteroatoms. The quantitative estimate of drug-likeness (QED) is 0.800. The molecular weight excluding hydrogens is 218 g/mol. The Morgan fingerprint density at radius 3 is 2.73 bits per heavy atom. The second-order valence-electron chi connectivity index (χ2n) is 3.98. The molecular formula is C9H12ClN3O2. The fraction of sp³-hybridized carbons (Fsp3) is 0.444. The van der Waals surface area contributed by atoms with E-state index >= 15 is 0 Å². The Kier molecular flexibility index (Phi) is 3.47. The van der Waals surface area contributed by atoms with Crippen molar-refractivity contribution < 1.29 is 9.53 Å². The SMILES string of the molecule is CC(C)(C)NC(=O)Oc1cnnc(Cl)c1. The maximum absolute atomic E-state index is 11.3. The third kappa shape index (κ3) is 4.60. The molecule has 0 aliphatic carbocycles. The molecule has 0 atom stereocenters. The first-order chi connectivity index (χ1) is 6.87. The van der Waals surface area contributed by atoms with Crippen LogP contribution in [0, 0.1) is 0 Å². The van der Waals surface area contributed by atoms with Crippen molar-refractivity contribution in [1.82, 2.24) is 15.5 Å². The lowest BCUT2D eigenvalue weighted by atomic mass is 10.1. The Hall–Kier alpha value is -1.36. The Balaban J connectivity index is 2.59. The Morgan fingerprint density at radius 1 is 1.53 bits per heavy atom. The van der Waals surface area contributed by atoms with Crippen LogP contribution in [0.15, 0.2) is 12.3 Å². The van der Waals surface area contributed by atoms with Crippen LogP contribution in [0.1, 0.15) is 20.8 Å². The van der Waals surface area contributed by atoms with Gasteiger partial charge in [-0.05, 0) is 20.8 Å². The Morgan fingerprint density at radius 2 is 2.20 bits per heavy atom. The first-order valence-corrected chi connectivity index (χ1v) is 4.73. The molecule has 1 N–H and O–H groups in total. The van der Waals surface area contributed by atoms with Crippen LogP contribution in [0.5, 0.6) is 5.75 Å². The fourth-order valence-electron chi connectivity index (χ4n) is 0.819. The maximum atomic E-state index is 11.3. The summed E-state index contributed by atoms with van der Waals surface area (Å²) in [6.45, 7) is 5.56. The van der Waals surface area contributed by atoms with Gasteiger partial charge < -0.3 is 10.1 Å². The summed E-state index contributed by atoms with van der Waals surface area (Å²) in [6, 6.07) is 1.41. The van der Waals surface area contributed by atoms with E-state index in [4.69, 9.17) is 16.3 Å². The van der Waals surface area contributed by atoms with Gasteiger partial charge in [0.2, 0.25) is 0 Å². The van der Waals surface area contributed by atoms with Gasteiger partial charge in [-0.2, -0.15) is 5.10 Å². The van der Waals surface area contributed by atoms with Gasteiger partial charge in [-0.1, -0.05) is 11.6 Å². The summed E-state index contributed by atoms with van der Waals surface area (Å²) in [4.78, 5) is 11.3. The number of aromatic nitrogens is 2. The van der Waals surface area contributed by atoms with Crippen LogP contribution in [0.25, 0.3) is 0 Å². The zero-order valence-electron chi connectivity index (χ0n) is 8.74. The number of amides is 1. The van der Waals surface area contributed by atoms with E-state index in [2.05, 4.69) is 15.5 Å². The van der Waals surface area contributed by atoms with Crippen LogP contribution in [0.4, 0.5) is 4.79 Å². The summed E-state index contributed by atoms with van der Waals surface area (Å²) in [5.41, 5.74) is -0.346. The number of nitrogens with zero attached hydrogens (tertiary/aromatic N) is 2. The molecule has 0 spiro atoms. The summed E-state index contributed by atoms with van der Waals surface area (Å²) in [5.74, 6) is 0.261. The number of ether oxygens (including phenoxy) is 1. The number of carbonyl (C=O) groups excluding carboxylic acids is 1. The van der Waals surface area contributed by atoms with Gasteiger partial charge in [-0.25, -0.2) is 4.79 Å². The molecule has 0 saturated carbocycles. The van der Waals surface area contributed by atoms with E-state index in [-0.39, 0.29) is 16.4 Å². The number of rotatable bonds is 1. The van der Waals surface area contributed by atoms with Crippen molar-refractivity contribution >= 4 is 17.7 Å². The lowest BCUT2D eigenvalue weighted by Gasteiger charge is -2.19. The normalized spacial score (nSPS) is 10.9. The molecule has 5 nitrogen and oxygen atoms in total. The molecule has 15 heavy (non-hydrogen) atoms. The van der Waals surface area contributed by atoms with Crippen LogP contribution < -0.4 is 10.1 Å². The minimum atomic E-state index is -0.549. The number of hydrogen-bond donors (Lipinski definition) is 1. The molecule has 0 fully saturated rings. The highest BCUT2D eigenvalue weighted by molar-refractivity contribution is 6.29. The smallest absolute Gasteiger partial charge is 0.408 e. The standard InChI is InChI=1S/C9H12ClN3O2/c1-9(2,3)12-8(14)15-6-4-7(10)13-11-5-6/h4-5H,1-3H3,(H,12,14). The van der Waals surface area contributed by atoms with Gasteiger partial charge in [-0.15, -0.1) is 5.10 Å². The molecule has 0 bridgehead atoms. The van der Waals surface area contributed by atoms with Crippen LogP contribution in [0.2, 0.25) is 5.15 Å². The van der Waals surface area contributed by atoms with Crippen LogP contribution in [-0.4, -0.2) is 21.8 Å². The van der Waals surface area contributed by atoms with Gasteiger partial charge in [-0.3, -0.25) is 0 Å².